The Balaban J connectivity index is 2.58. The van der Waals surface area contributed by atoms with Gasteiger partial charge in [-0.05, 0) is 24.3 Å². The summed E-state index contributed by atoms with van der Waals surface area (Å²) in [7, 11) is 0. The quantitative estimate of drug-likeness (QED) is 0.718. The van der Waals surface area contributed by atoms with E-state index in [0.29, 0.717) is 10.7 Å². The van der Waals surface area contributed by atoms with Crippen LogP contribution in [0.25, 0.3) is 16.6 Å². The van der Waals surface area contributed by atoms with Crippen LogP contribution < -0.4 is 0 Å². The third-order valence-electron chi connectivity index (χ3n) is 2.67. The Bertz CT molecular complexity index is 749. The second-order valence-electron chi connectivity index (χ2n) is 3.64. The number of hydrogen-bond donors (Lipinski definition) is 1. The fourth-order valence-electron chi connectivity index (χ4n) is 1.93. The van der Waals surface area contributed by atoms with Crippen molar-refractivity contribution in [2.75, 3.05) is 0 Å². The van der Waals surface area contributed by atoms with Crippen molar-refractivity contribution in [2.45, 2.75) is 0 Å². The van der Waals surface area contributed by atoms with Gasteiger partial charge in [-0.1, -0.05) is 17.7 Å². The van der Waals surface area contributed by atoms with Gasteiger partial charge in [0.15, 0.2) is 5.15 Å². The first-order chi connectivity index (χ1) is 8.18. The summed E-state index contributed by atoms with van der Waals surface area (Å²) in [5, 5.41) is 9.41. The Labute approximate surface area is 101 Å². The number of halogens is 1. The molecule has 0 radical (unpaired) electrons. The van der Waals surface area contributed by atoms with Crippen LogP contribution in [-0.2, 0) is 0 Å². The number of para-hydroxylation sites is 1. The Morgan fingerprint density at radius 1 is 1.24 bits per heavy atom. The van der Waals surface area contributed by atoms with Crippen LogP contribution in [0.3, 0.4) is 0 Å². The van der Waals surface area contributed by atoms with Crippen LogP contribution in [0.5, 0.6) is 0 Å². The van der Waals surface area contributed by atoms with Crippen molar-refractivity contribution < 1.29 is 9.90 Å². The molecule has 5 heteroatoms. The van der Waals surface area contributed by atoms with E-state index in [1.54, 1.807) is 6.07 Å². The Kier molecular flexibility index (Phi) is 2.06. The monoisotopic (exact) mass is 246 g/mol. The van der Waals surface area contributed by atoms with Gasteiger partial charge in [-0.25, -0.2) is 9.78 Å². The Morgan fingerprint density at radius 3 is 2.76 bits per heavy atom. The molecule has 0 aliphatic carbocycles. The van der Waals surface area contributed by atoms with Crippen LogP contribution >= 0.6 is 11.6 Å². The highest BCUT2D eigenvalue weighted by Crippen LogP contribution is 2.24. The highest BCUT2D eigenvalue weighted by Gasteiger charge is 2.13. The summed E-state index contributed by atoms with van der Waals surface area (Å²) in [5.74, 6) is -1.01. The molecule has 4 nitrogen and oxygen atoms in total. The summed E-state index contributed by atoms with van der Waals surface area (Å²) >= 11 is 6.03. The van der Waals surface area contributed by atoms with Crippen molar-refractivity contribution in [1.29, 1.82) is 0 Å². The molecule has 0 atom stereocenters. The predicted molar refractivity (Wildman–Crippen MR) is 64.7 cm³/mol. The van der Waals surface area contributed by atoms with Gasteiger partial charge in [-0.2, -0.15) is 0 Å². The molecular weight excluding hydrogens is 240 g/mol. The molecule has 1 N–H and O–H groups in total. The second-order valence-corrected chi connectivity index (χ2v) is 4.00. The van der Waals surface area contributed by atoms with Gasteiger partial charge < -0.3 is 9.51 Å². The van der Waals surface area contributed by atoms with Gasteiger partial charge in [0.25, 0.3) is 0 Å². The molecule has 3 rings (SSSR count). The maximum absolute atomic E-state index is 11.1. The summed E-state index contributed by atoms with van der Waals surface area (Å²) in [6, 6.07) is 8.71. The average Bonchev–Trinajstić information content (AvgIpc) is 2.78. The van der Waals surface area contributed by atoms with Gasteiger partial charge in [0.2, 0.25) is 0 Å². The number of benzene rings is 1. The molecule has 17 heavy (non-hydrogen) atoms. The number of hydrogen-bond acceptors (Lipinski definition) is 2. The highest BCUT2D eigenvalue weighted by molar-refractivity contribution is 6.33. The Morgan fingerprint density at radius 2 is 2.00 bits per heavy atom. The molecule has 2 aromatic heterocycles. The standard InChI is InChI=1S/C12H7ClN2O2/c13-11-9-5-2-6-15(9)8-4-1-3-7(12(16)17)10(8)14-11/h1-6H,(H,16,17). The molecule has 0 saturated heterocycles. The lowest BCUT2D eigenvalue weighted by atomic mass is 10.2. The molecule has 0 aliphatic rings. The molecular formula is C12H7ClN2O2. The topological polar surface area (TPSA) is 54.6 Å². The van der Waals surface area contributed by atoms with E-state index >= 15 is 0 Å². The molecule has 1 aromatic carbocycles. The van der Waals surface area contributed by atoms with E-state index in [1.165, 1.54) is 6.07 Å². The van der Waals surface area contributed by atoms with Gasteiger partial charge in [-0.15, -0.1) is 0 Å². The zero-order chi connectivity index (χ0) is 12.0. The predicted octanol–water partition coefficient (Wildman–Crippen LogP) is 2.84. The average molecular weight is 247 g/mol. The normalized spacial score (nSPS) is 11.1. The van der Waals surface area contributed by atoms with E-state index in [4.69, 9.17) is 16.7 Å². The van der Waals surface area contributed by atoms with E-state index < -0.39 is 5.97 Å². The first-order valence-electron chi connectivity index (χ1n) is 4.97. The van der Waals surface area contributed by atoms with E-state index in [-0.39, 0.29) is 5.56 Å². The summed E-state index contributed by atoms with van der Waals surface area (Å²) in [6.45, 7) is 0. The van der Waals surface area contributed by atoms with E-state index in [0.717, 1.165) is 11.0 Å². The number of rotatable bonds is 1. The van der Waals surface area contributed by atoms with Crippen LogP contribution in [-0.4, -0.2) is 20.5 Å². The van der Waals surface area contributed by atoms with E-state index in [1.807, 2.05) is 28.8 Å². The molecule has 3 aromatic rings. The fourth-order valence-corrected chi connectivity index (χ4v) is 2.17. The van der Waals surface area contributed by atoms with Crippen LogP contribution in [0.15, 0.2) is 36.5 Å². The number of carbonyl (C=O) groups is 1. The van der Waals surface area contributed by atoms with Crippen molar-refractivity contribution in [1.82, 2.24) is 9.38 Å². The summed E-state index contributed by atoms with van der Waals surface area (Å²) < 4.78 is 1.83. The van der Waals surface area contributed by atoms with E-state index in [2.05, 4.69) is 4.98 Å². The SMILES string of the molecule is O=C(O)c1cccc2c1nc(Cl)c1cccn12. The highest BCUT2D eigenvalue weighted by atomic mass is 35.5. The number of aromatic nitrogens is 2. The molecule has 0 unspecified atom stereocenters. The lowest BCUT2D eigenvalue weighted by Crippen LogP contribution is -2.01. The van der Waals surface area contributed by atoms with Gasteiger partial charge >= 0.3 is 5.97 Å². The molecule has 84 valence electrons. The maximum Gasteiger partial charge on any atom is 0.337 e. The van der Waals surface area contributed by atoms with Crippen molar-refractivity contribution in [3.05, 3.63) is 47.2 Å². The molecule has 0 aliphatic heterocycles. The van der Waals surface area contributed by atoms with Crippen LogP contribution in [0.4, 0.5) is 0 Å². The van der Waals surface area contributed by atoms with Crippen molar-refractivity contribution >= 4 is 34.1 Å². The third-order valence-corrected chi connectivity index (χ3v) is 2.95. The lowest BCUT2D eigenvalue weighted by molar-refractivity contribution is 0.0699. The zero-order valence-corrected chi connectivity index (χ0v) is 9.35. The number of carboxylic acids is 1. The lowest BCUT2D eigenvalue weighted by Gasteiger charge is -2.06. The number of nitrogens with zero attached hydrogens (tertiary/aromatic N) is 2. The molecule has 0 fully saturated rings. The number of fused-ring (bicyclic) bond motifs is 3. The van der Waals surface area contributed by atoms with Crippen molar-refractivity contribution in [3.8, 4) is 0 Å². The largest absolute Gasteiger partial charge is 0.478 e. The molecule has 0 spiro atoms. The van der Waals surface area contributed by atoms with Crippen molar-refractivity contribution in [2.24, 2.45) is 0 Å². The molecule has 0 bridgehead atoms. The van der Waals surface area contributed by atoms with Gasteiger partial charge in [-0.3, -0.25) is 0 Å². The zero-order valence-electron chi connectivity index (χ0n) is 8.59. The number of aromatic carboxylic acids is 1. The van der Waals surface area contributed by atoms with Crippen LogP contribution in [0, 0.1) is 0 Å². The molecule has 0 amide bonds. The summed E-state index contributed by atoms with van der Waals surface area (Å²) in [4.78, 5) is 15.3. The molecule has 2 heterocycles. The number of carboxylic acid groups (broad SMARTS) is 1. The van der Waals surface area contributed by atoms with Crippen LogP contribution in [0.2, 0.25) is 5.15 Å². The smallest absolute Gasteiger partial charge is 0.337 e. The first kappa shape index (κ1) is 10.1. The van der Waals surface area contributed by atoms with Crippen molar-refractivity contribution in [3.63, 3.8) is 0 Å². The van der Waals surface area contributed by atoms with Gasteiger partial charge in [0.05, 0.1) is 16.6 Å². The minimum atomic E-state index is -1.01. The molecule has 0 saturated carbocycles. The third kappa shape index (κ3) is 1.38. The van der Waals surface area contributed by atoms with E-state index in [9.17, 15) is 4.79 Å². The van der Waals surface area contributed by atoms with Gasteiger partial charge in [0.1, 0.15) is 5.52 Å². The minimum Gasteiger partial charge on any atom is -0.478 e. The van der Waals surface area contributed by atoms with Crippen LogP contribution in [0.1, 0.15) is 10.4 Å². The second kappa shape index (κ2) is 3.46. The maximum atomic E-state index is 11.1. The Hall–Kier alpha value is -2.07. The first-order valence-corrected chi connectivity index (χ1v) is 5.35. The summed E-state index contributed by atoms with van der Waals surface area (Å²) in [5.41, 5.74) is 2.05. The van der Waals surface area contributed by atoms with Gasteiger partial charge in [0, 0.05) is 6.20 Å². The fraction of sp³-hybridized carbons (Fsp3) is 0. The minimum absolute atomic E-state index is 0.153. The summed E-state index contributed by atoms with van der Waals surface area (Å²) in [6.07, 6.45) is 1.83.